The first-order valence-corrected chi connectivity index (χ1v) is 5.76. The number of amides is 1. The van der Waals surface area contributed by atoms with E-state index in [4.69, 9.17) is 4.74 Å². The van der Waals surface area contributed by atoms with Crippen molar-refractivity contribution in [1.29, 1.82) is 0 Å². The van der Waals surface area contributed by atoms with Gasteiger partial charge in [-0.15, -0.1) is 0 Å². The van der Waals surface area contributed by atoms with Crippen LogP contribution in [0.1, 0.15) is 25.5 Å². The zero-order valence-electron chi connectivity index (χ0n) is 10.2. The van der Waals surface area contributed by atoms with Crippen LogP contribution in [-0.4, -0.2) is 29.4 Å². The van der Waals surface area contributed by atoms with Gasteiger partial charge in [0.25, 0.3) is 0 Å². The second kappa shape index (κ2) is 4.76. The number of carbonyl (C=O) groups is 2. The third-order valence-electron chi connectivity index (χ3n) is 3.02. The summed E-state index contributed by atoms with van der Waals surface area (Å²) in [6.45, 7) is 3.88. The Labute approximate surface area is 104 Å². The molecule has 1 heterocycles. The number of hydrogen-bond donors (Lipinski definition) is 0. The van der Waals surface area contributed by atoms with Crippen LogP contribution in [0.4, 0.5) is 4.39 Å². The fraction of sp³-hybridized carbons (Fsp3) is 0.385. The number of nitrogens with zero attached hydrogens (tertiary/aromatic N) is 1. The molecular formula is C13H14FNO3. The molecule has 1 aliphatic rings. The first-order valence-electron chi connectivity index (χ1n) is 5.76. The number of halogens is 1. The van der Waals surface area contributed by atoms with Gasteiger partial charge in [0.1, 0.15) is 11.9 Å². The average Bonchev–Trinajstić information content (AvgIpc) is 2.34. The molecule has 0 aromatic heterocycles. The summed E-state index contributed by atoms with van der Waals surface area (Å²) in [5, 5.41) is 0. The molecule has 1 amide bonds. The van der Waals surface area contributed by atoms with Gasteiger partial charge in [-0.2, -0.15) is 0 Å². The number of morpholine rings is 1. The van der Waals surface area contributed by atoms with Gasteiger partial charge < -0.3 is 9.64 Å². The Kier molecular flexibility index (Phi) is 3.32. The van der Waals surface area contributed by atoms with Gasteiger partial charge in [-0.25, -0.2) is 9.18 Å². The minimum Gasteiger partial charge on any atom is -0.454 e. The van der Waals surface area contributed by atoms with Crippen molar-refractivity contribution >= 4 is 11.9 Å². The van der Waals surface area contributed by atoms with Gasteiger partial charge in [0, 0.05) is 0 Å². The number of cyclic esters (lactones) is 1. The van der Waals surface area contributed by atoms with Crippen LogP contribution in [0.2, 0.25) is 0 Å². The molecule has 18 heavy (non-hydrogen) atoms. The fourth-order valence-corrected chi connectivity index (χ4v) is 2.00. The van der Waals surface area contributed by atoms with Crippen LogP contribution < -0.4 is 0 Å². The summed E-state index contributed by atoms with van der Waals surface area (Å²) in [6.07, 6.45) is -0.321. The molecule has 1 saturated heterocycles. The van der Waals surface area contributed by atoms with Crippen molar-refractivity contribution in [3.63, 3.8) is 0 Å². The van der Waals surface area contributed by atoms with Gasteiger partial charge >= 0.3 is 11.9 Å². The molecule has 1 aromatic rings. The first-order chi connectivity index (χ1) is 8.49. The molecule has 2 rings (SSSR count). The average molecular weight is 251 g/mol. The lowest BCUT2D eigenvalue weighted by atomic mass is 10.1. The third kappa shape index (κ3) is 2.34. The zero-order chi connectivity index (χ0) is 13.3. The van der Waals surface area contributed by atoms with Crippen molar-refractivity contribution in [2.75, 3.05) is 6.54 Å². The number of hydrogen-bond acceptors (Lipinski definition) is 3. The third-order valence-corrected chi connectivity index (χ3v) is 3.02. The lowest BCUT2D eigenvalue weighted by Gasteiger charge is -2.34. The van der Waals surface area contributed by atoms with E-state index < -0.39 is 11.9 Å². The number of benzene rings is 1. The quantitative estimate of drug-likeness (QED) is 0.593. The van der Waals surface area contributed by atoms with Gasteiger partial charge in [0.2, 0.25) is 0 Å². The van der Waals surface area contributed by atoms with Crippen LogP contribution in [0, 0.1) is 5.82 Å². The van der Waals surface area contributed by atoms with E-state index >= 15 is 0 Å². The molecule has 0 spiro atoms. The van der Waals surface area contributed by atoms with Crippen molar-refractivity contribution in [2.24, 2.45) is 0 Å². The van der Waals surface area contributed by atoms with Crippen LogP contribution in [0.25, 0.3) is 0 Å². The molecule has 2 atom stereocenters. The molecule has 0 N–H and O–H groups in total. The molecular weight excluding hydrogens is 237 g/mol. The smallest absolute Gasteiger partial charge is 0.397 e. The summed E-state index contributed by atoms with van der Waals surface area (Å²) in [6, 6.07) is 5.60. The predicted molar refractivity (Wildman–Crippen MR) is 62.1 cm³/mol. The highest BCUT2D eigenvalue weighted by Crippen LogP contribution is 2.23. The maximum Gasteiger partial charge on any atom is 0.397 e. The predicted octanol–water partition coefficient (Wildman–Crippen LogP) is 1.66. The normalized spacial score (nSPS) is 21.7. The van der Waals surface area contributed by atoms with Crippen LogP contribution in [0.3, 0.4) is 0 Å². The molecule has 0 aliphatic carbocycles. The number of carbonyl (C=O) groups excluding carboxylic acids is 2. The second-order valence-corrected chi connectivity index (χ2v) is 4.40. The maximum atomic E-state index is 12.8. The summed E-state index contributed by atoms with van der Waals surface area (Å²) >= 11 is 0. The highest BCUT2D eigenvalue weighted by atomic mass is 19.1. The molecule has 1 fully saturated rings. The zero-order valence-corrected chi connectivity index (χ0v) is 10.2. The highest BCUT2D eigenvalue weighted by Gasteiger charge is 2.35. The van der Waals surface area contributed by atoms with E-state index in [1.54, 1.807) is 26.0 Å². The summed E-state index contributed by atoms with van der Waals surface area (Å²) in [5.41, 5.74) is 0.784. The second-order valence-electron chi connectivity index (χ2n) is 4.40. The lowest BCUT2D eigenvalue weighted by Crippen LogP contribution is -2.49. The fourth-order valence-electron chi connectivity index (χ4n) is 2.00. The monoisotopic (exact) mass is 251 g/mol. The standard InChI is InChI=1S/C13H14FNO3/c1-8-7-15(12(16)13(17)18-8)9(2)10-3-5-11(14)6-4-10/h3-6,8-9H,7H2,1-2H3. The molecule has 0 saturated carbocycles. The van der Waals surface area contributed by atoms with Gasteiger partial charge in [-0.05, 0) is 31.5 Å². The Morgan fingerprint density at radius 3 is 2.56 bits per heavy atom. The number of rotatable bonds is 2. The molecule has 96 valence electrons. The van der Waals surface area contributed by atoms with Crippen molar-refractivity contribution < 1.29 is 18.7 Å². The van der Waals surface area contributed by atoms with E-state index in [-0.39, 0.29) is 18.0 Å². The highest BCUT2D eigenvalue weighted by molar-refractivity contribution is 6.32. The van der Waals surface area contributed by atoms with Gasteiger partial charge in [-0.1, -0.05) is 12.1 Å². The van der Waals surface area contributed by atoms with Gasteiger partial charge in [0.05, 0.1) is 12.6 Å². The van der Waals surface area contributed by atoms with Crippen molar-refractivity contribution in [2.45, 2.75) is 26.0 Å². The van der Waals surface area contributed by atoms with E-state index in [1.165, 1.54) is 17.0 Å². The Morgan fingerprint density at radius 2 is 1.94 bits per heavy atom. The summed E-state index contributed by atoms with van der Waals surface area (Å²) in [5.74, 6) is -1.81. The van der Waals surface area contributed by atoms with Crippen molar-refractivity contribution in [3.8, 4) is 0 Å². The summed E-state index contributed by atoms with van der Waals surface area (Å²) in [4.78, 5) is 24.5. The van der Waals surface area contributed by atoms with Crippen LogP contribution >= 0.6 is 0 Å². The number of esters is 1. The minimum absolute atomic E-state index is 0.284. The Hall–Kier alpha value is -1.91. The van der Waals surface area contributed by atoms with Crippen LogP contribution in [0.15, 0.2) is 24.3 Å². The van der Waals surface area contributed by atoms with E-state index in [0.29, 0.717) is 6.54 Å². The molecule has 2 unspecified atom stereocenters. The molecule has 4 nitrogen and oxygen atoms in total. The van der Waals surface area contributed by atoms with E-state index in [9.17, 15) is 14.0 Å². The van der Waals surface area contributed by atoms with E-state index in [1.807, 2.05) is 0 Å². The topological polar surface area (TPSA) is 46.6 Å². The van der Waals surface area contributed by atoms with E-state index in [0.717, 1.165) is 5.56 Å². The SMILES string of the molecule is CC1CN(C(C)c2ccc(F)cc2)C(=O)C(=O)O1. The van der Waals surface area contributed by atoms with Crippen molar-refractivity contribution in [3.05, 3.63) is 35.6 Å². The van der Waals surface area contributed by atoms with Crippen LogP contribution in [-0.2, 0) is 14.3 Å². The Morgan fingerprint density at radius 1 is 1.33 bits per heavy atom. The van der Waals surface area contributed by atoms with Gasteiger partial charge in [-0.3, -0.25) is 4.79 Å². The van der Waals surface area contributed by atoms with Crippen LogP contribution in [0.5, 0.6) is 0 Å². The Balaban J connectivity index is 2.21. The Bertz CT molecular complexity index is 472. The number of ether oxygens (including phenoxy) is 1. The summed E-state index contributed by atoms with van der Waals surface area (Å²) in [7, 11) is 0. The van der Waals surface area contributed by atoms with E-state index in [2.05, 4.69) is 0 Å². The lowest BCUT2D eigenvalue weighted by molar-refractivity contribution is -0.173. The molecule has 5 heteroatoms. The first kappa shape index (κ1) is 12.5. The van der Waals surface area contributed by atoms with Gasteiger partial charge in [0.15, 0.2) is 0 Å². The minimum atomic E-state index is -0.831. The largest absolute Gasteiger partial charge is 0.454 e. The molecule has 1 aliphatic heterocycles. The molecule has 0 radical (unpaired) electrons. The maximum absolute atomic E-state index is 12.8. The molecule has 1 aromatic carbocycles. The molecule has 0 bridgehead atoms. The van der Waals surface area contributed by atoms with Crippen molar-refractivity contribution in [1.82, 2.24) is 4.90 Å². The summed E-state index contributed by atoms with van der Waals surface area (Å²) < 4.78 is 17.7.